The minimum atomic E-state index is -4.56. The lowest BCUT2D eigenvalue weighted by atomic mass is 10.1. The maximum Gasteiger partial charge on any atom is 0.418 e. The number of aromatic nitrogens is 1. The smallest absolute Gasteiger partial charge is 0.392 e. The van der Waals surface area contributed by atoms with Crippen LogP contribution in [0, 0.1) is 0 Å². The summed E-state index contributed by atoms with van der Waals surface area (Å²) in [6.45, 7) is -0.741. The van der Waals surface area contributed by atoms with Crippen molar-refractivity contribution in [1.29, 1.82) is 0 Å². The van der Waals surface area contributed by atoms with Crippen LogP contribution in [0.2, 0.25) is 10.0 Å². The van der Waals surface area contributed by atoms with E-state index in [4.69, 9.17) is 28.3 Å². The zero-order chi connectivity index (χ0) is 14.9. The van der Waals surface area contributed by atoms with Crippen LogP contribution in [-0.2, 0) is 12.8 Å². The largest absolute Gasteiger partial charge is 0.418 e. The van der Waals surface area contributed by atoms with Crippen LogP contribution in [0.3, 0.4) is 0 Å². The summed E-state index contributed by atoms with van der Waals surface area (Å²) in [4.78, 5) is 3.76. The third-order valence-electron chi connectivity index (χ3n) is 2.67. The average Bonchev–Trinajstić information content (AvgIpc) is 2.37. The monoisotopic (exact) mass is 321 g/mol. The first kappa shape index (κ1) is 15.1. The topological polar surface area (TPSA) is 33.1 Å². The first-order valence-corrected chi connectivity index (χ1v) is 6.21. The van der Waals surface area contributed by atoms with Crippen LogP contribution in [0.25, 0.3) is 11.3 Å². The first-order valence-electron chi connectivity index (χ1n) is 5.45. The highest BCUT2D eigenvalue weighted by molar-refractivity contribution is 6.36. The zero-order valence-electron chi connectivity index (χ0n) is 9.88. The number of hydrogen-bond acceptors (Lipinski definition) is 2. The van der Waals surface area contributed by atoms with Crippen LogP contribution in [0.5, 0.6) is 0 Å². The summed E-state index contributed by atoms with van der Waals surface area (Å²) < 4.78 is 38.1. The summed E-state index contributed by atoms with van der Waals surface area (Å²) in [5.74, 6) is 0. The van der Waals surface area contributed by atoms with Gasteiger partial charge in [-0.15, -0.1) is 0 Å². The van der Waals surface area contributed by atoms with Gasteiger partial charge < -0.3 is 5.11 Å². The van der Waals surface area contributed by atoms with Gasteiger partial charge in [0.15, 0.2) is 0 Å². The van der Waals surface area contributed by atoms with E-state index < -0.39 is 18.3 Å². The summed E-state index contributed by atoms with van der Waals surface area (Å²) in [6.07, 6.45) is -3.88. The molecule has 2 rings (SSSR count). The Labute approximate surface area is 122 Å². The molecular weight excluding hydrogens is 314 g/mol. The third-order valence-corrected chi connectivity index (χ3v) is 3.22. The summed E-state index contributed by atoms with van der Waals surface area (Å²) in [5.41, 5.74) is -0.537. The molecule has 0 atom stereocenters. The van der Waals surface area contributed by atoms with E-state index in [2.05, 4.69) is 4.98 Å². The molecule has 0 amide bonds. The lowest BCUT2D eigenvalue weighted by Crippen LogP contribution is -2.10. The second-order valence-electron chi connectivity index (χ2n) is 4.01. The summed E-state index contributed by atoms with van der Waals surface area (Å²) >= 11 is 11.7. The highest BCUT2D eigenvalue weighted by atomic mass is 35.5. The fourth-order valence-electron chi connectivity index (χ4n) is 1.73. The number of hydrogen-bond donors (Lipinski definition) is 1. The molecule has 0 radical (unpaired) electrons. The van der Waals surface area contributed by atoms with Crippen molar-refractivity contribution in [3.05, 3.63) is 51.6 Å². The average molecular weight is 322 g/mol. The molecule has 0 fully saturated rings. The van der Waals surface area contributed by atoms with Gasteiger partial charge in [0.25, 0.3) is 0 Å². The van der Waals surface area contributed by atoms with Gasteiger partial charge in [-0.2, -0.15) is 13.2 Å². The zero-order valence-corrected chi connectivity index (χ0v) is 11.4. The summed E-state index contributed by atoms with van der Waals surface area (Å²) in [6, 6.07) is 5.75. The van der Waals surface area contributed by atoms with Crippen molar-refractivity contribution in [2.45, 2.75) is 12.8 Å². The van der Waals surface area contributed by atoms with Gasteiger partial charge in [0.05, 0.1) is 22.9 Å². The molecular formula is C13H8Cl2F3NO. The molecule has 0 bridgehead atoms. The Morgan fingerprint density at radius 3 is 2.40 bits per heavy atom. The molecule has 1 N–H and O–H groups in total. The van der Waals surface area contributed by atoms with Gasteiger partial charge in [-0.05, 0) is 29.8 Å². The molecule has 1 aromatic heterocycles. The molecule has 7 heteroatoms. The Morgan fingerprint density at radius 2 is 1.85 bits per heavy atom. The summed E-state index contributed by atoms with van der Waals surface area (Å²) in [7, 11) is 0. The molecule has 0 aliphatic rings. The van der Waals surface area contributed by atoms with E-state index >= 15 is 0 Å². The number of halogens is 5. The Morgan fingerprint density at radius 1 is 1.15 bits per heavy atom. The second kappa shape index (κ2) is 5.60. The van der Waals surface area contributed by atoms with Crippen LogP contribution in [-0.4, -0.2) is 10.1 Å². The Bertz CT molecular complexity index is 644. The molecule has 0 aliphatic carbocycles. The maximum atomic E-state index is 12.7. The Balaban J connectivity index is 2.54. The van der Waals surface area contributed by atoms with Crippen molar-refractivity contribution in [2.24, 2.45) is 0 Å². The SMILES string of the molecule is OCc1cc(-c2ccc(Cl)cc2Cl)ncc1C(F)(F)F. The molecule has 1 heterocycles. The van der Waals surface area contributed by atoms with Gasteiger partial charge in [-0.25, -0.2) is 0 Å². The fourth-order valence-corrected chi connectivity index (χ4v) is 2.23. The lowest BCUT2D eigenvalue weighted by Gasteiger charge is -2.12. The number of alkyl halides is 3. The molecule has 2 nitrogen and oxygen atoms in total. The van der Waals surface area contributed by atoms with E-state index in [0.717, 1.165) is 6.07 Å². The minimum Gasteiger partial charge on any atom is -0.392 e. The number of pyridine rings is 1. The predicted octanol–water partition coefficient (Wildman–Crippen LogP) is 4.57. The van der Waals surface area contributed by atoms with Gasteiger partial charge in [-0.3, -0.25) is 4.98 Å². The molecule has 0 saturated heterocycles. The van der Waals surface area contributed by atoms with Crippen molar-refractivity contribution >= 4 is 23.2 Å². The van der Waals surface area contributed by atoms with Crippen molar-refractivity contribution in [2.75, 3.05) is 0 Å². The van der Waals surface area contributed by atoms with E-state index in [1.807, 2.05) is 0 Å². The number of benzene rings is 1. The normalized spacial score (nSPS) is 11.7. The molecule has 106 valence electrons. The quantitative estimate of drug-likeness (QED) is 0.879. The third kappa shape index (κ3) is 3.06. The van der Waals surface area contributed by atoms with Crippen molar-refractivity contribution in [3.8, 4) is 11.3 Å². The molecule has 0 saturated carbocycles. The molecule has 0 aliphatic heterocycles. The van der Waals surface area contributed by atoms with Crippen LogP contribution < -0.4 is 0 Å². The second-order valence-corrected chi connectivity index (χ2v) is 4.85. The Kier molecular flexibility index (Phi) is 4.22. The van der Waals surface area contributed by atoms with E-state index in [9.17, 15) is 13.2 Å². The highest BCUT2D eigenvalue weighted by Gasteiger charge is 2.33. The van der Waals surface area contributed by atoms with E-state index in [-0.39, 0.29) is 16.3 Å². The highest BCUT2D eigenvalue weighted by Crippen LogP contribution is 2.35. The maximum absolute atomic E-state index is 12.7. The molecule has 2 aromatic rings. The lowest BCUT2D eigenvalue weighted by molar-refractivity contribution is -0.138. The van der Waals surface area contributed by atoms with Crippen molar-refractivity contribution in [1.82, 2.24) is 4.98 Å². The molecule has 20 heavy (non-hydrogen) atoms. The van der Waals surface area contributed by atoms with E-state index in [0.29, 0.717) is 16.8 Å². The van der Waals surface area contributed by atoms with Gasteiger partial charge in [0.2, 0.25) is 0 Å². The van der Waals surface area contributed by atoms with Gasteiger partial charge in [-0.1, -0.05) is 23.2 Å². The standard InChI is InChI=1S/C13H8Cl2F3NO/c14-8-1-2-9(11(15)4-8)12-3-7(6-20)10(5-19-12)13(16,17)18/h1-5,20H,6H2. The number of rotatable bonds is 2. The fraction of sp³-hybridized carbons (Fsp3) is 0.154. The van der Waals surface area contributed by atoms with Gasteiger partial charge >= 0.3 is 6.18 Å². The molecule has 1 aromatic carbocycles. The predicted molar refractivity (Wildman–Crippen MR) is 70.6 cm³/mol. The number of aliphatic hydroxyl groups is 1. The summed E-state index contributed by atoms with van der Waals surface area (Å²) in [5, 5.41) is 9.77. The first-order chi connectivity index (χ1) is 9.32. The van der Waals surface area contributed by atoms with Crippen molar-refractivity contribution in [3.63, 3.8) is 0 Å². The van der Waals surface area contributed by atoms with E-state index in [1.54, 1.807) is 12.1 Å². The molecule has 0 unspecified atom stereocenters. The number of nitrogens with zero attached hydrogens (tertiary/aromatic N) is 1. The van der Waals surface area contributed by atoms with Crippen LogP contribution in [0.4, 0.5) is 13.2 Å². The van der Waals surface area contributed by atoms with Crippen molar-refractivity contribution < 1.29 is 18.3 Å². The molecule has 0 spiro atoms. The van der Waals surface area contributed by atoms with Crippen LogP contribution in [0.15, 0.2) is 30.5 Å². The van der Waals surface area contributed by atoms with Gasteiger partial charge in [0, 0.05) is 16.8 Å². The Hall–Kier alpha value is -1.30. The van der Waals surface area contributed by atoms with Crippen LogP contribution in [0.1, 0.15) is 11.1 Å². The minimum absolute atomic E-state index is 0.240. The van der Waals surface area contributed by atoms with Crippen LogP contribution >= 0.6 is 23.2 Å². The number of aliphatic hydroxyl groups excluding tert-OH is 1. The van der Waals surface area contributed by atoms with E-state index in [1.165, 1.54) is 6.07 Å². The van der Waals surface area contributed by atoms with Gasteiger partial charge in [0.1, 0.15) is 0 Å².